The molecule has 0 N–H and O–H groups in total. The second kappa shape index (κ2) is 5.14. The molecule has 0 spiro atoms. The van der Waals surface area contributed by atoms with Crippen LogP contribution in [0.25, 0.3) is 11.3 Å². The maximum atomic E-state index is 4.86. The highest BCUT2D eigenvalue weighted by Gasteiger charge is 1.96. The van der Waals surface area contributed by atoms with Crippen LogP contribution in [0.5, 0.6) is 0 Å². The Balaban J connectivity index is 0.000000396. The summed E-state index contributed by atoms with van der Waals surface area (Å²) in [6.45, 7) is 4.00. The van der Waals surface area contributed by atoms with Gasteiger partial charge in [-0.25, -0.2) is 4.98 Å². The van der Waals surface area contributed by atoms with Crippen molar-refractivity contribution in [3.63, 3.8) is 0 Å². The zero-order valence-corrected chi connectivity index (χ0v) is 7.90. The van der Waals surface area contributed by atoms with Gasteiger partial charge in [0.1, 0.15) is 12.0 Å². The molecule has 2 rings (SSSR count). The van der Waals surface area contributed by atoms with Crippen LogP contribution in [0, 0.1) is 0 Å². The van der Waals surface area contributed by atoms with Gasteiger partial charge in [0, 0.05) is 5.56 Å². The Morgan fingerprint density at radius 3 is 2.31 bits per heavy atom. The first-order valence-corrected chi connectivity index (χ1v) is 4.40. The highest BCUT2D eigenvalue weighted by molar-refractivity contribution is 5.56. The molecule has 0 bridgehead atoms. The van der Waals surface area contributed by atoms with E-state index in [0.717, 1.165) is 11.3 Å². The Morgan fingerprint density at radius 2 is 1.77 bits per heavy atom. The van der Waals surface area contributed by atoms with Crippen LogP contribution < -0.4 is 0 Å². The summed E-state index contributed by atoms with van der Waals surface area (Å²) in [6, 6.07) is 9.92. The highest BCUT2D eigenvalue weighted by Crippen LogP contribution is 2.14. The summed E-state index contributed by atoms with van der Waals surface area (Å²) in [5.74, 6) is 0. The first-order valence-electron chi connectivity index (χ1n) is 4.40. The van der Waals surface area contributed by atoms with E-state index in [-0.39, 0.29) is 0 Å². The average Bonchev–Trinajstić information content (AvgIpc) is 2.75. The van der Waals surface area contributed by atoms with Gasteiger partial charge in [0.25, 0.3) is 0 Å². The topological polar surface area (TPSA) is 26.0 Å². The second-order valence-electron chi connectivity index (χ2n) is 2.24. The van der Waals surface area contributed by atoms with Crippen LogP contribution in [-0.4, -0.2) is 4.98 Å². The van der Waals surface area contributed by atoms with Crippen molar-refractivity contribution in [2.45, 2.75) is 13.8 Å². The predicted molar refractivity (Wildman–Crippen MR) is 53.3 cm³/mol. The molecule has 0 saturated heterocycles. The third-order valence-electron chi connectivity index (χ3n) is 1.50. The summed E-state index contributed by atoms with van der Waals surface area (Å²) in [5.41, 5.74) is 1.96. The molecule has 0 fully saturated rings. The van der Waals surface area contributed by atoms with Crippen LogP contribution in [0.2, 0.25) is 0 Å². The van der Waals surface area contributed by atoms with Crippen molar-refractivity contribution in [3.8, 4) is 11.3 Å². The third-order valence-corrected chi connectivity index (χ3v) is 1.50. The van der Waals surface area contributed by atoms with Crippen LogP contribution in [-0.2, 0) is 0 Å². The van der Waals surface area contributed by atoms with E-state index in [1.54, 1.807) is 6.26 Å². The number of hydrogen-bond donors (Lipinski definition) is 0. The Bertz CT molecular complexity index is 313. The standard InChI is InChI=1S/C9H7NO.C2H6/c1-2-4-8(5-3-1)9-6-11-7-10-9;1-2/h1-7H;1-2H3. The van der Waals surface area contributed by atoms with Gasteiger partial charge in [-0.1, -0.05) is 44.2 Å². The van der Waals surface area contributed by atoms with Crippen molar-refractivity contribution >= 4 is 0 Å². The van der Waals surface area contributed by atoms with E-state index in [1.807, 2.05) is 44.2 Å². The van der Waals surface area contributed by atoms with E-state index in [0.29, 0.717) is 0 Å². The van der Waals surface area contributed by atoms with Gasteiger partial charge >= 0.3 is 0 Å². The molecule has 0 saturated carbocycles. The summed E-state index contributed by atoms with van der Waals surface area (Å²) in [6.07, 6.45) is 3.07. The van der Waals surface area contributed by atoms with Crippen LogP contribution in [0.1, 0.15) is 13.8 Å². The normalized spacial score (nSPS) is 8.77. The maximum absolute atomic E-state index is 4.86. The largest absolute Gasteiger partial charge is 0.451 e. The highest BCUT2D eigenvalue weighted by atomic mass is 16.3. The fourth-order valence-electron chi connectivity index (χ4n) is 0.964. The summed E-state index contributed by atoms with van der Waals surface area (Å²) >= 11 is 0. The first-order chi connectivity index (χ1) is 6.47. The first kappa shape index (κ1) is 9.52. The molecule has 68 valence electrons. The van der Waals surface area contributed by atoms with Crippen LogP contribution in [0.4, 0.5) is 0 Å². The number of oxazole rings is 1. The fourth-order valence-corrected chi connectivity index (χ4v) is 0.964. The zero-order chi connectivity index (χ0) is 9.52. The van der Waals surface area contributed by atoms with Gasteiger partial charge in [0.2, 0.25) is 0 Å². The van der Waals surface area contributed by atoms with E-state index in [1.165, 1.54) is 6.39 Å². The molecular formula is C11H13NO. The van der Waals surface area contributed by atoms with Crippen molar-refractivity contribution in [2.75, 3.05) is 0 Å². The SMILES string of the molecule is CC.c1ccc(-c2cocn2)cc1. The molecule has 1 aromatic carbocycles. The van der Waals surface area contributed by atoms with Crippen molar-refractivity contribution in [1.82, 2.24) is 4.98 Å². The maximum Gasteiger partial charge on any atom is 0.181 e. The van der Waals surface area contributed by atoms with Gasteiger partial charge in [-0.3, -0.25) is 0 Å². The summed E-state index contributed by atoms with van der Waals surface area (Å²) in [4.78, 5) is 4.02. The van der Waals surface area contributed by atoms with Gasteiger partial charge in [0.05, 0.1) is 0 Å². The lowest BCUT2D eigenvalue weighted by molar-refractivity contribution is 0.558. The van der Waals surface area contributed by atoms with Gasteiger partial charge in [-0.2, -0.15) is 0 Å². The Morgan fingerprint density at radius 1 is 1.08 bits per heavy atom. The van der Waals surface area contributed by atoms with Gasteiger partial charge in [0.15, 0.2) is 6.39 Å². The molecule has 0 radical (unpaired) electrons. The molecule has 0 aliphatic heterocycles. The molecule has 2 heteroatoms. The van der Waals surface area contributed by atoms with Crippen molar-refractivity contribution in [3.05, 3.63) is 43.0 Å². The van der Waals surface area contributed by atoms with Crippen LogP contribution >= 0.6 is 0 Å². The molecular weight excluding hydrogens is 162 g/mol. The number of rotatable bonds is 1. The summed E-state index contributed by atoms with van der Waals surface area (Å²) < 4.78 is 4.86. The van der Waals surface area contributed by atoms with Crippen LogP contribution in [0.15, 0.2) is 47.4 Å². The monoisotopic (exact) mass is 175 g/mol. The van der Waals surface area contributed by atoms with E-state index in [4.69, 9.17) is 4.42 Å². The van der Waals surface area contributed by atoms with Crippen molar-refractivity contribution in [2.24, 2.45) is 0 Å². The van der Waals surface area contributed by atoms with E-state index >= 15 is 0 Å². The minimum atomic E-state index is 0.880. The summed E-state index contributed by atoms with van der Waals surface area (Å²) in [5, 5.41) is 0. The van der Waals surface area contributed by atoms with Crippen molar-refractivity contribution < 1.29 is 4.42 Å². The van der Waals surface area contributed by atoms with Gasteiger partial charge in [-0.15, -0.1) is 0 Å². The minimum Gasteiger partial charge on any atom is -0.451 e. The lowest BCUT2D eigenvalue weighted by atomic mass is 10.2. The quantitative estimate of drug-likeness (QED) is 0.664. The van der Waals surface area contributed by atoms with Crippen LogP contribution in [0.3, 0.4) is 0 Å². The zero-order valence-electron chi connectivity index (χ0n) is 7.90. The number of hydrogen-bond acceptors (Lipinski definition) is 2. The molecule has 0 atom stereocenters. The third kappa shape index (κ3) is 2.44. The molecule has 1 heterocycles. The molecule has 1 aromatic heterocycles. The predicted octanol–water partition coefficient (Wildman–Crippen LogP) is 3.37. The molecule has 0 unspecified atom stereocenters. The number of aromatic nitrogens is 1. The number of nitrogens with zero attached hydrogens (tertiary/aromatic N) is 1. The fraction of sp³-hybridized carbons (Fsp3) is 0.182. The van der Waals surface area contributed by atoms with Gasteiger partial charge < -0.3 is 4.42 Å². The molecule has 0 amide bonds. The Kier molecular flexibility index (Phi) is 3.76. The number of benzene rings is 1. The summed E-state index contributed by atoms with van der Waals surface area (Å²) in [7, 11) is 0. The smallest absolute Gasteiger partial charge is 0.181 e. The van der Waals surface area contributed by atoms with Crippen molar-refractivity contribution in [1.29, 1.82) is 0 Å². The molecule has 13 heavy (non-hydrogen) atoms. The molecule has 2 aromatic rings. The average molecular weight is 175 g/mol. The van der Waals surface area contributed by atoms with Gasteiger partial charge in [-0.05, 0) is 0 Å². The second-order valence-corrected chi connectivity index (χ2v) is 2.24. The van der Waals surface area contributed by atoms with E-state index in [9.17, 15) is 0 Å². The van der Waals surface area contributed by atoms with E-state index < -0.39 is 0 Å². The minimum absolute atomic E-state index is 0.880. The Labute approximate surface area is 78.2 Å². The Hall–Kier alpha value is -1.57. The lowest BCUT2D eigenvalue weighted by Gasteiger charge is -1.91. The van der Waals surface area contributed by atoms with E-state index in [2.05, 4.69) is 4.98 Å². The molecule has 0 aliphatic rings. The molecule has 0 aliphatic carbocycles. The molecule has 2 nitrogen and oxygen atoms in total. The lowest BCUT2D eigenvalue weighted by Crippen LogP contribution is -1.73.